The van der Waals surface area contributed by atoms with Gasteiger partial charge < -0.3 is 0 Å². The quantitative estimate of drug-likeness (QED) is 0.448. The van der Waals surface area contributed by atoms with Crippen molar-refractivity contribution < 1.29 is 17.1 Å². The van der Waals surface area contributed by atoms with E-state index in [0.29, 0.717) is 0 Å². The van der Waals surface area contributed by atoms with Crippen LogP contribution in [0.4, 0.5) is 0 Å². The van der Waals surface area contributed by atoms with Crippen molar-refractivity contribution in [1.29, 1.82) is 0 Å². The monoisotopic (exact) mass is 243 g/mol. The third kappa shape index (κ3) is 1.60. The predicted octanol–water partition coefficient (Wildman–Crippen LogP) is 2.78. The van der Waals surface area contributed by atoms with E-state index >= 15 is 0 Å². The first-order valence-electron chi connectivity index (χ1n) is 4.53. The first-order chi connectivity index (χ1) is 6.95. The Bertz CT molecular complexity index is 553. The molecule has 0 fully saturated rings. The zero-order valence-electron chi connectivity index (χ0n) is 7.81. The topological polar surface area (TPSA) is 25.8 Å². The van der Waals surface area contributed by atoms with E-state index < -0.39 is 0 Å². The molecule has 0 N–H and O–H groups in total. The average molecular weight is 244 g/mol. The zero-order chi connectivity index (χ0) is 9.38. The van der Waals surface area contributed by atoms with Gasteiger partial charge in [-0.3, -0.25) is 9.97 Å². The summed E-state index contributed by atoms with van der Waals surface area (Å²) in [5.41, 5.74) is 1.95. The fourth-order valence-corrected chi connectivity index (χ4v) is 1.68. The molecule has 0 spiro atoms. The fourth-order valence-electron chi connectivity index (χ4n) is 1.68. The molecule has 75 valence electrons. The maximum Gasteiger partial charge on any atom is 2.00 e. The molecule has 2 heterocycles. The number of aromatic nitrogens is 2. The number of hydrogen-bond acceptors (Lipinski definition) is 2. The smallest absolute Gasteiger partial charge is 0.254 e. The zero-order valence-corrected chi connectivity index (χ0v) is 8.76. The van der Waals surface area contributed by atoms with Crippen molar-refractivity contribution in [2.24, 2.45) is 0 Å². The van der Waals surface area contributed by atoms with Crippen LogP contribution in [0.3, 0.4) is 0 Å². The Morgan fingerprint density at radius 3 is 1.60 bits per heavy atom. The Labute approximate surface area is 97.8 Å². The molecular weight excluding hydrogens is 236 g/mol. The maximum absolute atomic E-state index is 4.35. The third-order valence-electron chi connectivity index (χ3n) is 2.34. The summed E-state index contributed by atoms with van der Waals surface area (Å²) in [4.78, 5) is 8.69. The molecular formula is C12H8CuN2+2. The average Bonchev–Trinajstić information content (AvgIpc) is 2.29. The molecule has 3 heteroatoms. The first kappa shape index (κ1) is 10.1. The van der Waals surface area contributed by atoms with Gasteiger partial charge in [-0.2, -0.15) is 0 Å². The molecule has 0 aliphatic carbocycles. The summed E-state index contributed by atoms with van der Waals surface area (Å²) in [6.07, 6.45) is 3.60. The van der Waals surface area contributed by atoms with E-state index in [-0.39, 0.29) is 17.1 Å². The number of nitrogens with zero attached hydrogens (tertiary/aromatic N) is 2. The molecule has 0 atom stereocenters. The van der Waals surface area contributed by atoms with Crippen LogP contribution in [0.5, 0.6) is 0 Å². The molecule has 0 aliphatic heterocycles. The van der Waals surface area contributed by atoms with Gasteiger partial charge in [-0.25, -0.2) is 0 Å². The Morgan fingerprint density at radius 1 is 0.667 bits per heavy atom. The van der Waals surface area contributed by atoms with Crippen LogP contribution in [0.2, 0.25) is 0 Å². The molecule has 3 rings (SSSR count). The van der Waals surface area contributed by atoms with Gasteiger partial charge in [0, 0.05) is 23.2 Å². The molecule has 0 amide bonds. The molecule has 15 heavy (non-hydrogen) atoms. The summed E-state index contributed by atoms with van der Waals surface area (Å²) in [5, 5.41) is 2.28. The number of rotatable bonds is 0. The third-order valence-corrected chi connectivity index (χ3v) is 2.34. The molecule has 2 nitrogen and oxygen atoms in total. The molecule has 0 unspecified atom stereocenters. The number of benzene rings is 1. The molecule has 0 saturated carbocycles. The molecule has 3 aromatic rings. The van der Waals surface area contributed by atoms with Gasteiger partial charge in [0.25, 0.3) is 0 Å². The van der Waals surface area contributed by atoms with Gasteiger partial charge in [0.1, 0.15) is 0 Å². The van der Waals surface area contributed by atoms with E-state index in [9.17, 15) is 0 Å². The van der Waals surface area contributed by atoms with E-state index in [1.165, 1.54) is 0 Å². The van der Waals surface area contributed by atoms with Crippen molar-refractivity contribution in [3.8, 4) is 0 Å². The summed E-state index contributed by atoms with van der Waals surface area (Å²) in [7, 11) is 0. The van der Waals surface area contributed by atoms with Crippen molar-refractivity contribution in [1.82, 2.24) is 9.97 Å². The van der Waals surface area contributed by atoms with E-state index in [0.717, 1.165) is 21.8 Å². The van der Waals surface area contributed by atoms with Gasteiger partial charge in [0.2, 0.25) is 0 Å². The first-order valence-corrected chi connectivity index (χ1v) is 4.53. The summed E-state index contributed by atoms with van der Waals surface area (Å²) >= 11 is 0. The molecule has 0 bridgehead atoms. The Hall–Kier alpha value is -1.44. The van der Waals surface area contributed by atoms with Crippen molar-refractivity contribution in [2.45, 2.75) is 0 Å². The standard InChI is InChI=1S/C12H8N2.Cu/c1-3-9-5-6-10-4-2-8-14-12(10)11(9)13-7-1;/h1-8H;/q;+2. The SMILES string of the molecule is [Cu+2].c1cnc2c(c1)ccc1cccnc12. The van der Waals surface area contributed by atoms with Gasteiger partial charge in [-0.1, -0.05) is 24.3 Å². The van der Waals surface area contributed by atoms with E-state index in [1.54, 1.807) is 12.4 Å². The minimum absolute atomic E-state index is 0. The van der Waals surface area contributed by atoms with Gasteiger partial charge >= 0.3 is 17.1 Å². The van der Waals surface area contributed by atoms with Crippen LogP contribution in [0.25, 0.3) is 21.8 Å². The van der Waals surface area contributed by atoms with Crippen molar-refractivity contribution in [3.05, 3.63) is 48.8 Å². The number of pyridine rings is 2. The summed E-state index contributed by atoms with van der Waals surface area (Å²) in [6, 6.07) is 12.1. The second kappa shape index (κ2) is 3.97. The molecule has 0 saturated heterocycles. The Kier molecular flexibility index (Phi) is 2.67. The van der Waals surface area contributed by atoms with Crippen LogP contribution >= 0.6 is 0 Å². The van der Waals surface area contributed by atoms with Gasteiger partial charge in [-0.05, 0) is 12.1 Å². The van der Waals surface area contributed by atoms with Crippen molar-refractivity contribution >= 4 is 21.8 Å². The molecule has 1 aromatic carbocycles. The Morgan fingerprint density at radius 2 is 1.13 bits per heavy atom. The van der Waals surface area contributed by atoms with Crippen molar-refractivity contribution in [3.63, 3.8) is 0 Å². The predicted molar refractivity (Wildman–Crippen MR) is 57.0 cm³/mol. The summed E-state index contributed by atoms with van der Waals surface area (Å²) in [6.45, 7) is 0. The van der Waals surface area contributed by atoms with Crippen molar-refractivity contribution in [2.75, 3.05) is 0 Å². The minimum Gasteiger partial charge on any atom is -0.254 e. The minimum atomic E-state index is 0. The van der Waals surface area contributed by atoms with Gasteiger partial charge in [0.05, 0.1) is 11.0 Å². The van der Waals surface area contributed by atoms with Crippen LogP contribution in [0.1, 0.15) is 0 Å². The number of fused-ring (bicyclic) bond motifs is 3. The Balaban J connectivity index is 0.000000853. The van der Waals surface area contributed by atoms with Crippen LogP contribution in [0, 0.1) is 0 Å². The van der Waals surface area contributed by atoms with E-state index in [1.807, 2.05) is 12.1 Å². The van der Waals surface area contributed by atoms with Crippen LogP contribution in [-0.4, -0.2) is 9.97 Å². The number of hydrogen-bond donors (Lipinski definition) is 0. The van der Waals surface area contributed by atoms with Crippen LogP contribution in [0.15, 0.2) is 48.8 Å². The maximum atomic E-state index is 4.35. The van der Waals surface area contributed by atoms with E-state index in [2.05, 4.69) is 34.2 Å². The second-order valence-electron chi connectivity index (χ2n) is 3.22. The normalized spacial score (nSPS) is 10.1. The molecule has 0 aliphatic rings. The van der Waals surface area contributed by atoms with Gasteiger partial charge in [0.15, 0.2) is 0 Å². The fraction of sp³-hybridized carbons (Fsp3) is 0. The van der Waals surface area contributed by atoms with E-state index in [4.69, 9.17) is 0 Å². The summed E-state index contributed by atoms with van der Waals surface area (Å²) in [5.74, 6) is 0. The summed E-state index contributed by atoms with van der Waals surface area (Å²) < 4.78 is 0. The van der Waals surface area contributed by atoms with Gasteiger partial charge in [-0.15, -0.1) is 0 Å². The van der Waals surface area contributed by atoms with Crippen LogP contribution < -0.4 is 0 Å². The molecule has 1 radical (unpaired) electrons. The largest absolute Gasteiger partial charge is 2.00 e. The van der Waals surface area contributed by atoms with Crippen LogP contribution in [-0.2, 0) is 17.1 Å². The second-order valence-corrected chi connectivity index (χ2v) is 3.22. The molecule has 2 aromatic heterocycles.